The minimum Gasteiger partial charge on any atom is -0.379 e. The Hall–Kier alpha value is -0.860. The highest BCUT2D eigenvalue weighted by Crippen LogP contribution is 2.30. The van der Waals surface area contributed by atoms with Crippen LogP contribution < -0.4 is 10.0 Å². The highest BCUT2D eigenvalue weighted by atomic mass is 35.5. The third-order valence-electron chi connectivity index (χ3n) is 3.51. The molecule has 0 bridgehead atoms. The van der Waals surface area contributed by atoms with Crippen LogP contribution in [-0.4, -0.2) is 39.6 Å². The quantitative estimate of drug-likeness (QED) is 0.615. The number of hydrogen-bond donors (Lipinski definition) is 2. The van der Waals surface area contributed by atoms with Gasteiger partial charge in [0.2, 0.25) is 10.0 Å². The fourth-order valence-corrected chi connectivity index (χ4v) is 4.25. The van der Waals surface area contributed by atoms with Gasteiger partial charge in [0.1, 0.15) is 4.90 Å². The van der Waals surface area contributed by atoms with Gasteiger partial charge in [0.25, 0.3) is 5.91 Å². The molecule has 0 aliphatic heterocycles. The van der Waals surface area contributed by atoms with Crippen molar-refractivity contribution in [3.05, 3.63) is 27.7 Å². The van der Waals surface area contributed by atoms with Crippen LogP contribution in [0.3, 0.4) is 0 Å². The largest absolute Gasteiger partial charge is 0.379 e. The van der Waals surface area contributed by atoms with Gasteiger partial charge in [0.05, 0.1) is 21.7 Å². The zero-order chi connectivity index (χ0) is 18.6. The Bertz CT molecular complexity index is 734. The smallest absolute Gasteiger partial charge is 0.252 e. The summed E-state index contributed by atoms with van der Waals surface area (Å²) < 4.78 is 32.7. The van der Waals surface area contributed by atoms with Gasteiger partial charge in [-0.25, -0.2) is 13.1 Å². The molecule has 0 spiro atoms. The van der Waals surface area contributed by atoms with Crippen molar-refractivity contribution in [2.45, 2.75) is 50.2 Å². The number of carbonyl (C=O) groups excluding carboxylic acids is 1. The number of amides is 1. The second-order valence-electron chi connectivity index (χ2n) is 6.19. The monoisotopic (exact) mass is 408 g/mol. The van der Waals surface area contributed by atoms with Crippen LogP contribution in [0, 0.1) is 0 Å². The molecule has 1 fully saturated rings. The number of benzene rings is 1. The minimum atomic E-state index is -3.78. The van der Waals surface area contributed by atoms with Crippen LogP contribution >= 0.6 is 23.2 Å². The Morgan fingerprint density at radius 1 is 1.28 bits per heavy atom. The number of nitrogens with one attached hydrogen (secondary N) is 2. The van der Waals surface area contributed by atoms with E-state index in [-0.39, 0.29) is 32.7 Å². The maximum absolute atomic E-state index is 12.4. The molecule has 9 heteroatoms. The molecule has 1 amide bonds. The lowest BCUT2D eigenvalue weighted by Crippen LogP contribution is -2.28. The van der Waals surface area contributed by atoms with Crippen molar-refractivity contribution in [1.29, 1.82) is 0 Å². The molecule has 140 valence electrons. The average Bonchev–Trinajstić information content (AvgIpc) is 3.29. The molecule has 2 rings (SSSR count). The first-order chi connectivity index (χ1) is 11.7. The molecule has 0 atom stereocenters. The van der Waals surface area contributed by atoms with Crippen molar-refractivity contribution >= 4 is 39.1 Å². The lowest BCUT2D eigenvalue weighted by molar-refractivity contribution is 0.0757. The maximum Gasteiger partial charge on any atom is 0.252 e. The fraction of sp³-hybridized carbons (Fsp3) is 0.562. The second kappa shape index (κ2) is 8.68. The summed E-state index contributed by atoms with van der Waals surface area (Å²) >= 11 is 12.1. The van der Waals surface area contributed by atoms with Crippen LogP contribution in [-0.2, 0) is 14.8 Å². The maximum atomic E-state index is 12.4. The molecule has 1 aliphatic carbocycles. The Kier molecular flexibility index (Phi) is 7.10. The van der Waals surface area contributed by atoms with Crippen molar-refractivity contribution in [3.8, 4) is 0 Å². The first-order valence-corrected chi connectivity index (χ1v) is 10.4. The van der Waals surface area contributed by atoms with Crippen LogP contribution in [0.25, 0.3) is 0 Å². The van der Waals surface area contributed by atoms with Gasteiger partial charge in [-0.05, 0) is 45.2 Å². The van der Waals surface area contributed by atoms with E-state index in [1.165, 1.54) is 12.1 Å². The van der Waals surface area contributed by atoms with E-state index in [1.54, 1.807) is 0 Å². The molecule has 25 heavy (non-hydrogen) atoms. The zero-order valence-corrected chi connectivity index (χ0v) is 16.5. The molecule has 0 saturated heterocycles. The molecule has 2 N–H and O–H groups in total. The van der Waals surface area contributed by atoms with Crippen LogP contribution in [0.5, 0.6) is 0 Å². The topological polar surface area (TPSA) is 84.5 Å². The summed E-state index contributed by atoms with van der Waals surface area (Å²) in [6, 6.07) is 2.44. The van der Waals surface area contributed by atoms with E-state index < -0.39 is 15.9 Å². The molecule has 1 aromatic rings. The minimum absolute atomic E-state index is 0.0139. The Morgan fingerprint density at radius 3 is 2.56 bits per heavy atom. The van der Waals surface area contributed by atoms with E-state index in [2.05, 4.69) is 10.0 Å². The van der Waals surface area contributed by atoms with Crippen molar-refractivity contribution < 1.29 is 17.9 Å². The molecule has 1 aromatic carbocycles. The van der Waals surface area contributed by atoms with Crippen LogP contribution in [0.2, 0.25) is 10.0 Å². The number of hydrogen-bond acceptors (Lipinski definition) is 4. The van der Waals surface area contributed by atoms with Gasteiger partial charge in [-0.3, -0.25) is 4.79 Å². The van der Waals surface area contributed by atoms with Crippen molar-refractivity contribution in [2.75, 3.05) is 13.2 Å². The first kappa shape index (κ1) is 20.5. The van der Waals surface area contributed by atoms with Gasteiger partial charge >= 0.3 is 0 Å². The van der Waals surface area contributed by atoms with Crippen LogP contribution in [0.1, 0.15) is 43.5 Å². The molecule has 0 radical (unpaired) electrons. The predicted molar refractivity (Wildman–Crippen MR) is 97.8 cm³/mol. The lowest BCUT2D eigenvalue weighted by atomic mass is 10.2. The molecular weight excluding hydrogens is 387 g/mol. The van der Waals surface area contributed by atoms with E-state index in [0.717, 1.165) is 12.8 Å². The number of carbonyl (C=O) groups is 1. The highest BCUT2D eigenvalue weighted by molar-refractivity contribution is 7.89. The van der Waals surface area contributed by atoms with E-state index in [1.807, 2.05) is 13.8 Å². The fourth-order valence-electron chi connectivity index (χ4n) is 2.08. The van der Waals surface area contributed by atoms with E-state index in [0.29, 0.717) is 19.6 Å². The van der Waals surface area contributed by atoms with Crippen LogP contribution in [0.15, 0.2) is 17.0 Å². The summed E-state index contributed by atoms with van der Waals surface area (Å²) in [5, 5.41) is 2.79. The summed E-state index contributed by atoms with van der Waals surface area (Å²) in [6.07, 6.45) is 2.38. The summed E-state index contributed by atoms with van der Waals surface area (Å²) in [4.78, 5) is 12.2. The molecule has 0 heterocycles. The Morgan fingerprint density at radius 2 is 1.96 bits per heavy atom. The van der Waals surface area contributed by atoms with Gasteiger partial charge in [0, 0.05) is 19.2 Å². The van der Waals surface area contributed by atoms with Gasteiger partial charge in [0.15, 0.2) is 0 Å². The van der Waals surface area contributed by atoms with Crippen molar-refractivity contribution in [2.24, 2.45) is 0 Å². The third kappa shape index (κ3) is 6.11. The van der Waals surface area contributed by atoms with E-state index in [4.69, 9.17) is 27.9 Å². The second-order valence-corrected chi connectivity index (χ2v) is 8.68. The van der Waals surface area contributed by atoms with Crippen LogP contribution in [0.4, 0.5) is 0 Å². The SMILES string of the molecule is CC(C)OCCCNC(=O)c1cc(S(=O)(=O)NC2CC2)c(Cl)cc1Cl. The summed E-state index contributed by atoms with van der Waals surface area (Å²) in [5.41, 5.74) is 0.0759. The van der Waals surface area contributed by atoms with E-state index >= 15 is 0 Å². The lowest BCUT2D eigenvalue weighted by Gasteiger charge is -2.12. The van der Waals surface area contributed by atoms with Gasteiger partial charge in [-0.1, -0.05) is 23.2 Å². The summed E-state index contributed by atoms with van der Waals surface area (Å²) in [6.45, 7) is 4.79. The molecule has 1 saturated carbocycles. The predicted octanol–water partition coefficient (Wildman–Crippen LogP) is 2.98. The summed E-state index contributed by atoms with van der Waals surface area (Å²) in [7, 11) is -3.78. The van der Waals surface area contributed by atoms with Gasteiger partial charge in [-0.2, -0.15) is 0 Å². The summed E-state index contributed by atoms with van der Waals surface area (Å²) in [5.74, 6) is -0.450. The zero-order valence-electron chi connectivity index (χ0n) is 14.1. The molecule has 1 aliphatic rings. The first-order valence-electron chi connectivity index (χ1n) is 8.12. The van der Waals surface area contributed by atoms with Crippen molar-refractivity contribution in [3.63, 3.8) is 0 Å². The number of rotatable bonds is 9. The van der Waals surface area contributed by atoms with Gasteiger partial charge in [-0.15, -0.1) is 0 Å². The standard InChI is InChI=1S/C16H22Cl2N2O4S/c1-10(2)24-7-3-6-19-16(21)12-8-15(14(18)9-13(12)17)25(22,23)20-11-4-5-11/h8-11,20H,3-7H2,1-2H3,(H,19,21). The highest BCUT2D eigenvalue weighted by Gasteiger charge is 2.30. The Labute approximate surface area is 158 Å². The third-order valence-corrected chi connectivity index (χ3v) is 5.81. The van der Waals surface area contributed by atoms with Crippen molar-refractivity contribution in [1.82, 2.24) is 10.0 Å². The molecule has 0 aromatic heterocycles. The molecule has 6 nitrogen and oxygen atoms in total. The normalized spacial score (nSPS) is 14.8. The van der Waals surface area contributed by atoms with Gasteiger partial charge < -0.3 is 10.1 Å². The average molecular weight is 409 g/mol. The molecular formula is C16H22Cl2N2O4S. The Balaban J connectivity index is 2.07. The number of halogens is 2. The number of sulfonamides is 1. The number of ether oxygens (including phenoxy) is 1. The van der Waals surface area contributed by atoms with E-state index in [9.17, 15) is 13.2 Å². The molecule has 0 unspecified atom stereocenters.